The largest absolute Gasteiger partial charge is 0.332 e. The van der Waals surface area contributed by atoms with Gasteiger partial charge in [-0.15, -0.1) is 0 Å². The highest BCUT2D eigenvalue weighted by atomic mass is 16.2. The molecule has 3 rings (SSSR count). The maximum Gasteiger partial charge on any atom is 0.319 e. The fraction of sp³-hybridized carbons (Fsp3) is 0.0625. The summed E-state index contributed by atoms with van der Waals surface area (Å²) in [7, 11) is 0. The Balaban J connectivity index is 1.58. The topological polar surface area (TPSA) is 82.2 Å². The predicted octanol–water partition coefficient (Wildman–Crippen LogP) is 2.53. The monoisotopic (exact) mass is 291 g/mol. The third-order valence-electron chi connectivity index (χ3n) is 3.12. The molecule has 0 unspecified atom stereocenters. The molecule has 6 nitrogen and oxygen atoms in total. The minimum atomic E-state index is -0.318. The Hall–Kier alpha value is -3.33. The first-order valence-electron chi connectivity index (χ1n) is 6.72. The lowest BCUT2D eigenvalue weighted by atomic mass is 10.2. The number of hydrogen-bond acceptors (Lipinski definition) is 3. The molecule has 0 spiro atoms. The Bertz CT molecular complexity index is 812. The highest BCUT2D eigenvalue weighted by Crippen LogP contribution is 2.09. The summed E-state index contributed by atoms with van der Waals surface area (Å²) < 4.78 is 1.90. The molecule has 2 aromatic heterocycles. The third kappa shape index (κ3) is 3.04. The summed E-state index contributed by atoms with van der Waals surface area (Å²) in [6.45, 7) is 0.337. The van der Waals surface area contributed by atoms with Crippen molar-refractivity contribution in [3.63, 3.8) is 0 Å². The summed E-state index contributed by atoms with van der Waals surface area (Å²) in [6, 6.07) is 14.1. The van der Waals surface area contributed by atoms with Crippen molar-refractivity contribution in [2.24, 2.45) is 0 Å². The summed E-state index contributed by atoms with van der Waals surface area (Å²) in [5.74, 6) is 0. The number of urea groups is 1. The van der Waals surface area contributed by atoms with Crippen LogP contribution in [0.2, 0.25) is 0 Å². The van der Waals surface area contributed by atoms with Crippen molar-refractivity contribution in [3.05, 3.63) is 66.1 Å². The maximum atomic E-state index is 11.8. The van der Waals surface area contributed by atoms with Crippen LogP contribution in [0.25, 0.3) is 5.65 Å². The Morgan fingerprint density at radius 3 is 2.77 bits per heavy atom. The lowest BCUT2D eigenvalue weighted by Crippen LogP contribution is -2.28. The van der Waals surface area contributed by atoms with Crippen LogP contribution in [0.1, 0.15) is 11.3 Å². The number of nitrogens with one attached hydrogen (secondary N) is 2. The summed E-state index contributed by atoms with van der Waals surface area (Å²) in [4.78, 5) is 16.2. The Morgan fingerprint density at radius 2 is 2.05 bits per heavy atom. The molecule has 2 N–H and O–H groups in total. The highest BCUT2D eigenvalue weighted by molar-refractivity contribution is 5.89. The SMILES string of the molecule is N#Cc1ccc(NC(=O)NCc2cn3ccccc3n2)cc1. The number of pyridine rings is 1. The molecule has 0 aliphatic rings. The van der Waals surface area contributed by atoms with E-state index < -0.39 is 0 Å². The van der Waals surface area contributed by atoms with Crippen molar-refractivity contribution in [1.82, 2.24) is 14.7 Å². The number of amides is 2. The van der Waals surface area contributed by atoms with E-state index in [-0.39, 0.29) is 6.03 Å². The van der Waals surface area contributed by atoms with Crippen molar-refractivity contribution in [2.45, 2.75) is 6.54 Å². The number of nitrogens with zero attached hydrogens (tertiary/aromatic N) is 3. The second-order valence-corrected chi connectivity index (χ2v) is 4.70. The Kier molecular flexibility index (Phi) is 3.70. The van der Waals surface area contributed by atoms with Crippen LogP contribution < -0.4 is 10.6 Å². The first kappa shape index (κ1) is 13.6. The molecule has 2 heterocycles. The van der Waals surface area contributed by atoms with E-state index in [9.17, 15) is 4.79 Å². The predicted molar refractivity (Wildman–Crippen MR) is 82.2 cm³/mol. The van der Waals surface area contributed by atoms with Gasteiger partial charge in [0, 0.05) is 18.1 Å². The lowest BCUT2D eigenvalue weighted by molar-refractivity contribution is 0.251. The molecule has 22 heavy (non-hydrogen) atoms. The highest BCUT2D eigenvalue weighted by Gasteiger charge is 2.04. The number of anilines is 1. The molecule has 2 amide bonds. The smallest absolute Gasteiger partial charge is 0.319 e. The van der Waals surface area contributed by atoms with E-state index in [1.54, 1.807) is 24.3 Å². The van der Waals surface area contributed by atoms with E-state index in [0.29, 0.717) is 17.8 Å². The summed E-state index contributed by atoms with van der Waals surface area (Å²) >= 11 is 0. The van der Waals surface area contributed by atoms with Gasteiger partial charge in [0.05, 0.1) is 23.9 Å². The zero-order valence-corrected chi connectivity index (χ0v) is 11.7. The normalized spacial score (nSPS) is 10.1. The molecular weight excluding hydrogens is 278 g/mol. The molecule has 0 bridgehead atoms. The number of rotatable bonds is 3. The second kappa shape index (κ2) is 5.97. The number of hydrogen-bond donors (Lipinski definition) is 2. The fourth-order valence-electron chi connectivity index (χ4n) is 2.05. The summed E-state index contributed by atoms with van der Waals surface area (Å²) in [5, 5.41) is 14.2. The summed E-state index contributed by atoms with van der Waals surface area (Å²) in [5.41, 5.74) is 2.80. The van der Waals surface area contributed by atoms with Gasteiger partial charge in [-0.05, 0) is 36.4 Å². The molecule has 3 aromatic rings. The van der Waals surface area contributed by atoms with E-state index in [1.807, 2.05) is 41.1 Å². The van der Waals surface area contributed by atoms with E-state index in [2.05, 4.69) is 15.6 Å². The van der Waals surface area contributed by atoms with Crippen molar-refractivity contribution in [3.8, 4) is 6.07 Å². The maximum absolute atomic E-state index is 11.8. The molecular formula is C16H13N5O. The molecule has 1 aromatic carbocycles. The molecule has 0 atom stereocenters. The van der Waals surface area contributed by atoms with Crippen molar-refractivity contribution < 1.29 is 4.79 Å². The quantitative estimate of drug-likeness (QED) is 0.778. The van der Waals surface area contributed by atoms with Gasteiger partial charge in [-0.25, -0.2) is 9.78 Å². The number of benzene rings is 1. The number of carbonyl (C=O) groups is 1. The number of carbonyl (C=O) groups excluding carboxylic acids is 1. The van der Waals surface area contributed by atoms with E-state index in [4.69, 9.17) is 5.26 Å². The average molecular weight is 291 g/mol. The zero-order chi connectivity index (χ0) is 15.4. The summed E-state index contributed by atoms with van der Waals surface area (Å²) in [6.07, 6.45) is 3.78. The minimum absolute atomic E-state index is 0.318. The van der Waals surface area contributed by atoms with Crippen molar-refractivity contribution in [2.75, 3.05) is 5.32 Å². The first-order valence-corrected chi connectivity index (χ1v) is 6.72. The number of nitriles is 1. The molecule has 108 valence electrons. The van der Waals surface area contributed by atoms with Crippen LogP contribution in [0.4, 0.5) is 10.5 Å². The van der Waals surface area contributed by atoms with Crippen molar-refractivity contribution in [1.29, 1.82) is 5.26 Å². The lowest BCUT2D eigenvalue weighted by Gasteiger charge is -2.06. The molecule has 0 fully saturated rings. The Morgan fingerprint density at radius 1 is 1.23 bits per heavy atom. The molecule has 0 radical (unpaired) electrons. The van der Waals surface area contributed by atoms with Crippen LogP contribution in [0, 0.1) is 11.3 Å². The first-order chi connectivity index (χ1) is 10.7. The molecule has 0 saturated carbocycles. The number of aromatic nitrogens is 2. The van der Waals surface area contributed by atoms with Crippen molar-refractivity contribution >= 4 is 17.4 Å². The van der Waals surface area contributed by atoms with Gasteiger partial charge in [0.1, 0.15) is 5.65 Å². The van der Waals surface area contributed by atoms with Gasteiger partial charge in [0.25, 0.3) is 0 Å². The van der Waals surface area contributed by atoms with Crippen LogP contribution in [0.5, 0.6) is 0 Å². The van der Waals surface area contributed by atoms with Crippen LogP contribution >= 0.6 is 0 Å². The van der Waals surface area contributed by atoms with Gasteiger partial charge >= 0.3 is 6.03 Å². The zero-order valence-electron chi connectivity index (χ0n) is 11.7. The molecule has 0 aliphatic carbocycles. The number of fused-ring (bicyclic) bond motifs is 1. The fourth-order valence-corrected chi connectivity index (χ4v) is 2.05. The molecule has 0 saturated heterocycles. The van der Waals surface area contributed by atoms with Gasteiger partial charge in [0.2, 0.25) is 0 Å². The third-order valence-corrected chi connectivity index (χ3v) is 3.12. The van der Waals surface area contributed by atoms with Crippen LogP contribution in [-0.2, 0) is 6.54 Å². The van der Waals surface area contributed by atoms with E-state index >= 15 is 0 Å². The second-order valence-electron chi connectivity index (χ2n) is 4.70. The van der Waals surface area contributed by atoms with Gasteiger partial charge in [-0.1, -0.05) is 6.07 Å². The van der Waals surface area contributed by atoms with Crippen LogP contribution in [0.15, 0.2) is 54.9 Å². The number of imidazole rings is 1. The van der Waals surface area contributed by atoms with E-state index in [1.165, 1.54) is 0 Å². The van der Waals surface area contributed by atoms with Gasteiger partial charge in [0.15, 0.2) is 0 Å². The molecule has 0 aliphatic heterocycles. The van der Waals surface area contributed by atoms with Gasteiger partial charge in [-0.2, -0.15) is 5.26 Å². The van der Waals surface area contributed by atoms with E-state index in [0.717, 1.165) is 11.3 Å². The van der Waals surface area contributed by atoms with Crippen LogP contribution in [-0.4, -0.2) is 15.4 Å². The molecule has 6 heteroatoms. The Labute approximate surface area is 127 Å². The van der Waals surface area contributed by atoms with Crippen LogP contribution in [0.3, 0.4) is 0 Å². The standard InChI is InChI=1S/C16H13N5O/c17-9-12-4-6-13(7-5-12)20-16(22)18-10-14-11-21-8-2-1-3-15(21)19-14/h1-8,11H,10H2,(H2,18,20,22). The minimum Gasteiger partial charge on any atom is -0.332 e. The van der Waals surface area contributed by atoms with Gasteiger partial charge in [-0.3, -0.25) is 0 Å². The van der Waals surface area contributed by atoms with Gasteiger partial charge < -0.3 is 15.0 Å². The average Bonchev–Trinajstić information content (AvgIpc) is 2.96.